The minimum atomic E-state index is -3.09. The molecule has 0 aromatic rings. The van der Waals surface area contributed by atoms with Crippen molar-refractivity contribution in [1.29, 1.82) is 0 Å². The quantitative estimate of drug-likeness (QED) is 0.674. The van der Waals surface area contributed by atoms with E-state index in [9.17, 15) is 4.57 Å². The Morgan fingerprint density at radius 2 is 1.64 bits per heavy atom. The Morgan fingerprint density at radius 1 is 1.21 bits per heavy atom. The molecule has 0 aliphatic carbocycles. The predicted octanol–water partition coefficient (Wildman–Crippen LogP) is 2.58. The molecule has 14 heavy (non-hydrogen) atoms. The Kier molecular flexibility index (Phi) is 6.62. The zero-order chi connectivity index (χ0) is 11.2. The van der Waals surface area contributed by atoms with Crippen LogP contribution in [-0.4, -0.2) is 19.0 Å². The van der Waals surface area contributed by atoms with Crippen molar-refractivity contribution < 1.29 is 13.6 Å². The summed E-state index contributed by atoms with van der Waals surface area (Å²) in [7, 11) is -3.09. The smallest absolute Gasteiger partial charge is 0.318 e. The molecule has 5 heteroatoms. The number of hydrogen-bond acceptors (Lipinski definition) is 4. The second-order valence-electron chi connectivity index (χ2n) is 3.57. The maximum atomic E-state index is 12.1. The Morgan fingerprint density at radius 3 is 1.93 bits per heavy atom. The lowest BCUT2D eigenvalue weighted by Crippen LogP contribution is -2.24. The fourth-order valence-corrected chi connectivity index (χ4v) is 3.06. The van der Waals surface area contributed by atoms with Gasteiger partial charge in [0.25, 0.3) is 0 Å². The summed E-state index contributed by atoms with van der Waals surface area (Å²) in [5.74, 6) is -0.123. The molecule has 0 aliphatic rings. The summed E-state index contributed by atoms with van der Waals surface area (Å²) in [4.78, 5) is 0. The van der Waals surface area contributed by atoms with Gasteiger partial charge in [-0.15, -0.1) is 0 Å². The lowest BCUT2D eigenvalue weighted by atomic mass is 10.1. The zero-order valence-corrected chi connectivity index (χ0v) is 10.4. The van der Waals surface area contributed by atoms with E-state index in [1.807, 2.05) is 13.8 Å². The normalized spacial score (nSPS) is 14.7. The first-order valence-corrected chi connectivity index (χ1v) is 6.71. The van der Waals surface area contributed by atoms with Crippen molar-refractivity contribution in [3.8, 4) is 0 Å². The molecule has 0 rings (SSSR count). The van der Waals surface area contributed by atoms with E-state index >= 15 is 0 Å². The van der Waals surface area contributed by atoms with Crippen molar-refractivity contribution in [3.05, 3.63) is 0 Å². The van der Waals surface area contributed by atoms with Crippen molar-refractivity contribution in [2.24, 2.45) is 11.7 Å². The van der Waals surface area contributed by atoms with E-state index < -0.39 is 13.4 Å². The molecule has 4 nitrogen and oxygen atoms in total. The van der Waals surface area contributed by atoms with Gasteiger partial charge in [-0.05, 0) is 26.2 Å². The Balaban J connectivity index is 4.38. The highest BCUT2D eigenvalue weighted by Crippen LogP contribution is 2.52. The lowest BCUT2D eigenvalue weighted by molar-refractivity contribution is 0.209. The van der Waals surface area contributed by atoms with Crippen molar-refractivity contribution in [3.63, 3.8) is 0 Å². The van der Waals surface area contributed by atoms with Crippen LogP contribution >= 0.6 is 7.60 Å². The molecule has 0 aliphatic heterocycles. The van der Waals surface area contributed by atoms with E-state index in [2.05, 4.69) is 0 Å². The van der Waals surface area contributed by atoms with E-state index in [0.29, 0.717) is 25.6 Å². The Hall–Kier alpha value is 0.110. The van der Waals surface area contributed by atoms with Gasteiger partial charge in [-0.2, -0.15) is 0 Å². The van der Waals surface area contributed by atoms with Crippen LogP contribution in [0.15, 0.2) is 0 Å². The van der Waals surface area contributed by atoms with E-state index in [0.717, 1.165) is 0 Å². The largest absolute Gasteiger partial charge is 0.347 e. The fourth-order valence-electron chi connectivity index (χ4n) is 1.20. The third-order valence-electron chi connectivity index (χ3n) is 1.74. The molecule has 0 saturated heterocycles. The van der Waals surface area contributed by atoms with Crippen LogP contribution in [0.4, 0.5) is 0 Å². The SMILES string of the molecule is CCOP(=O)(OCC)[C@H](N)CC(C)C. The van der Waals surface area contributed by atoms with Crippen LogP contribution < -0.4 is 5.73 Å². The second kappa shape index (κ2) is 6.57. The second-order valence-corrected chi connectivity index (χ2v) is 5.83. The van der Waals surface area contributed by atoms with Gasteiger partial charge in [0.15, 0.2) is 0 Å². The maximum Gasteiger partial charge on any atom is 0.347 e. The van der Waals surface area contributed by atoms with Crippen molar-refractivity contribution in [2.45, 2.75) is 39.9 Å². The monoisotopic (exact) mass is 223 g/mol. The van der Waals surface area contributed by atoms with Crippen molar-refractivity contribution in [2.75, 3.05) is 13.2 Å². The molecular formula is C9H22NO3P. The summed E-state index contributed by atoms with van der Waals surface area (Å²) in [6, 6.07) is 0. The van der Waals surface area contributed by atoms with Gasteiger partial charge in [0.1, 0.15) is 5.78 Å². The van der Waals surface area contributed by atoms with Crippen molar-refractivity contribution >= 4 is 7.60 Å². The third-order valence-corrected chi connectivity index (χ3v) is 4.00. The average molecular weight is 223 g/mol. The first kappa shape index (κ1) is 14.1. The number of nitrogens with two attached hydrogens (primary N) is 1. The summed E-state index contributed by atoms with van der Waals surface area (Å²) >= 11 is 0. The molecule has 0 aromatic heterocycles. The topological polar surface area (TPSA) is 61.5 Å². The summed E-state index contributed by atoms with van der Waals surface area (Å²) in [6.45, 7) is 8.36. The summed E-state index contributed by atoms with van der Waals surface area (Å²) in [5.41, 5.74) is 5.81. The van der Waals surface area contributed by atoms with Gasteiger partial charge in [0.05, 0.1) is 13.2 Å². The molecule has 0 amide bonds. The highest BCUT2D eigenvalue weighted by molar-refractivity contribution is 7.54. The first-order chi connectivity index (χ1) is 6.46. The molecule has 0 saturated carbocycles. The predicted molar refractivity (Wildman–Crippen MR) is 58.3 cm³/mol. The average Bonchev–Trinajstić information content (AvgIpc) is 2.03. The first-order valence-electron chi connectivity index (χ1n) is 5.10. The van der Waals surface area contributed by atoms with Crippen LogP contribution in [0.2, 0.25) is 0 Å². The van der Waals surface area contributed by atoms with Gasteiger partial charge in [0.2, 0.25) is 0 Å². The van der Waals surface area contributed by atoms with E-state index in [4.69, 9.17) is 14.8 Å². The molecule has 2 N–H and O–H groups in total. The van der Waals surface area contributed by atoms with Gasteiger partial charge in [-0.1, -0.05) is 13.8 Å². The molecule has 0 fully saturated rings. The zero-order valence-electron chi connectivity index (χ0n) is 9.53. The fraction of sp³-hybridized carbons (Fsp3) is 1.00. The van der Waals surface area contributed by atoms with Gasteiger partial charge in [0, 0.05) is 0 Å². The molecule has 0 bridgehead atoms. The van der Waals surface area contributed by atoms with Crippen molar-refractivity contribution in [1.82, 2.24) is 0 Å². The van der Waals surface area contributed by atoms with Crippen LogP contribution in [0.3, 0.4) is 0 Å². The van der Waals surface area contributed by atoms with Gasteiger partial charge in [-0.3, -0.25) is 4.57 Å². The van der Waals surface area contributed by atoms with Gasteiger partial charge < -0.3 is 14.8 Å². The molecule has 0 heterocycles. The van der Waals surface area contributed by atoms with E-state index in [-0.39, 0.29) is 0 Å². The van der Waals surface area contributed by atoms with E-state index in [1.54, 1.807) is 13.8 Å². The lowest BCUT2D eigenvalue weighted by Gasteiger charge is -2.24. The molecule has 86 valence electrons. The molecule has 0 aromatic carbocycles. The van der Waals surface area contributed by atoms with Crippen LogP contribution in [0, 0.1) is 5.92 Å². The maximum absolute atomic E-state index is 12.1. The van der Waals surface area contributed by atoms with Gasteiger partial charge >= 0.3 is 7.60 Å². The molecule has 0 unspecified atom stereocenters. The molecule has 0 radical (unpaired) electrons. The highest BCUT2D eigenvalue weighted by Gasteiger charge is 2.32. The number of rotatable bonds is 7. The Bertz CT molecular complexity index is 186. The Labute approximate surface area is 86.7 Å². The summed E-state index contributed by atoms with van der Waals surface area (Å²) in [6.07, 6.45) is 0.650. The summed E-state index contributed by atoms with van der Waals surface area (Å²) in [5, 5.41) is 0. The molecule has 1 atom stereocenters. The minimum absolute atomic E-state index is 0.364. The molecule has 0 spiro atoms. The molecular weight excluding hydrogens is 201 g/mol. The van der Waals surface area contributed by atoms with Crippen LogP contribution in [0.25, 0.3) is 0 Å². The van der Waals surface area contributed by atoms with Gasteiger partial charge in [-0.25, -0.2) is 0 Å². The van der Waals surface area contributed by atoms with Crippen LogP contribution in [0.5, 0.6) is 0 Å². The summed E-state index contributed by atoms with van der Waals surface area (Å²) < 4.78 is 22.4. The third kappa shape index (κ3) is 4.56. The standard InChI is InChI=1S/C9H22NO3P/c1-5-12-14(11,13-6-2)9(10)7-8(3)4/h8-9H,5-7,10H2,1-4H3/t9-/m0/s1. The van der Waals surface area contributed by atoms with E-state index in [1.165, 1.54) is 0 Å². The van der Waals surface area contributed by atoms with Crippen LogP contribution in [-0.2, 0) is 13.6 Å². The highest BCUT2D eigenvalue weighted by atomic mass is 31.2. The minimum Gasteiger partial charge on any atom is -0.318 e. The van der Waals surface area contributed by atoms with Crippen LogP contribution in [0.1, 0.15) is 34.1 Å². The number of hydrogen-bond donors (Lipinski definition) is 1.